The molecule has 2 nitrogen and oxygen atoms in total. The first-order valence-corrected chi connectivity index (χ1v) is 3.77. The second-order valence-corrected chi connectivity index (χ2v) is 2.90. The van der Waals surface area contributed by atoms with Crippen molar-refractivity contribution in [1.29, 1.82) is 0 Å². The Morgan fingerprint density at radius 2 is 2.11 bits per heavy atom. The van der Waals surface area contributed by atoms with E-state index in [1.807, 2.05) is 0 Å². The summed E-state index contributed by atoms with van der Waals surface area (Å²) in [6, 6.07) is 1.56. The molecule has 0 bridgehead atoms. The first-order valence-electron chi connectivity index (χ1n) is 3.77. The average molecular weight is 125 g/mol. The van der Waals surface area contributed by atoms with Crippen LogP contribution in [0.3, 0.4) is 0 Å². The second kappa shape index (κ2) is 2.27. The molecule has 0 aromatic rings. The molecule has 0 spiro atoms. The monoisotopic (exact) mass is 125 g/mol. The first kappa shape index (κ1) is 5.69. The van der Waals surface area contributed by atoms with E-state index in [0.29, 0.717) is 0 Å². The molecule has 51 valence electrons. The zero-order valence-electron chi connectivity index (χ0n) is 5.61. The van der Waals surface area contributed by atoms with E-state index in [0.717, 1.165) is 12.5 Å². The maximum atomic E-state index is 3.41. The van der Waals surface area contributed by atoms with Gasteiger partial charge in [-0.25, -0.2) is 0 Å². The van der Waals surface area contributed by atoms with Gasteiger partial charge < -0.3 is 10.6 Å². The molecular weight excluding hydrogens is 112 g/mol. The number of hydrogen-bond donors (Lipinski definition) is 2. The van der Waals surface area contributed by atoms with Gasteiger partial charge in [0.25, 0.3) is 0 Å². The summed E-state index contributed by atoms with van der Waals surface area (Å²) in [5.74, 6) is 0.909. The van der Waals surface area contributed by atoms with E-state index >= 15 is 0 Å². The molecule has 2 heteroatoms. The quantitative estimate of drug-likeness (QED) is 0.480. The molecule has 0 saturated carbocycles. The van der Waals surface area contributed by atoms with E-state index in [2.05, 4.69) is 10.6 Å². The van der Waals surface area contributed by atoms with Crippen molar-refractivity contribution in [1.82, 2.24) is 10.6 Å². The van der Waals surface area contributed by atoms with Crippen molar-refractivity contribution in [2.45, 2.75) is 12.8 Å². The van der Waals surface area contributed by atoms with Crippen molar-refractivity contribution in [3.05, 3.63) is 6.04 Å². The van der Waals surface area contributed by atoms with Crippen LogP contribution in [0.4, 0.5) is 0 Å². The summed E-state index contributed by atoms with van der Waals surface area (Å²) in [5.41, 5.74) is 0. The van der Waals surface area contributed by atoms with E-state index in [-0.39, 0.29) is 0 Å². The number of rotatable bonds is 0. The summed E-state index contributed by atoms with van der Waals surface area (Å²) in [6.07, 6.45) is 2.72. The summed E-state index contributed by atoms with van der Waals surface area (Å²) >= 11 is 0. The topological polar surface area (TPSA) is 24.1 Å². The molecule has 2 heterocycles. The zero-order chi connectivity index (χ0) is 6.10. The van der Waals surface area contributed by atoms with Crippen LogP contribution in [0.1, 0.15) is 12.8 Å². The number of nitrogens with one attached hydrogen (secondary N) is 2. The molecule has 2 saturated heterocycles. The number of hydrogen-bond acceptors (Lipinski definition) is 2. The Kier molecular flexibility index (Phi) is 1.44. The molecule has 0 aromatic heterocycles. The predicted molar refractivity (Wildman–Crippen MR) is 36.8 cm³/mol. The Labute approximate surface area is 56.0 Å². The van der Waals surface area contributed by atoms with Crippen LogP contribution in [0, 0.1) is 12.0 Å². The highest BCUT2D eigenvalue weighted by Crippen LogP contribution is 2.26. The smallest absolute Gasteiger partial charge is 0.0535 e. The van der Waals surface area contributed by atoms with Gasteiger partial charge in [0.05, 0.1) is 6.04 Å². The number of piperidine rings is 1. The molecule has 1 atom stereocenters. The van der Waals surface area contributed by atoms with Crippen LogP contribution in [-0.2, 0) is 0 Å². The van der Waals surface area contributed by atoms with Crippen LogP contribution < -0.4 is 10.6 Å². The standard InChI is InChI=1S/C7H13N2/c1-3-8-5-7-6(1)2-4-9-7/h6,8-9H,1-5H2. The normalized spacial score (nSPS) is 36.7. The van der Waals surface area contributed by atoms with E-state index in [1.54, 1.807) is 6.04 Å². The molecule has 0 aromatic carbocycles. The van der Waals surface area contributed by atoms with Crippen molar-refractivity contribution < 1.29 is 0 Å². The Morgan fingerprint density at radius 3 is 3.00 bits per heavy atom. The Hall–Kier alpha value is -0.0800. The highest BCUT2D eigenvalue weighted by Gasteiger charge is 2.29. The van der Waals surface area contributed by atoms with Crippen LogP contribution >= 0.6 is 0 Å². The second-order valence-electron chi connectivity index (χ2n) is 2.90. The van der Waals surface area contributed by atoms with E-state index in [4.69, 9.17) is 0 Å². The highest BCUT2D eigenvalue weighted by molar-refractivity contribution is 5.03. The van der Waals surface area contributed by atoms with E-state index < -0.39 is 0 Å². The molecule has 1 radical (unpaired) electrons. The third-order valence-corrected chi connectivity index (χ3v) is 2.32. The van der Waals surface area contributed by atoms with Crippen molar-refractivity contribution in [3.63, 3.8) is 0 Å². The number of fused-ring (bicyclic) bond motifs is 1. The molecule has 2 rings (SSSR count). The van der Waals surface area contributed by atoms with Crippen LogP contribution in [0.25, 0.3) is 0 Å². The van der Waals surface area contributed by atoms with E-state index in [1.165, 1.54) is 25.9 Å². The molecule has 2 N–H and O–H groups in total. The van der Waals surface area contributed by atoms with Gasteiger partial charge in [-0.3, -0.25) is 0 Å². The van der Waals surface area contributed by atoms with Crippen molar-refractivity contribution in [2.24, 2.45) is 5.92 Å². The molecule has 9 heavy (non-hydrogen) atoms. The summed E-state index contributed by atoms with van der Waals surface area (Å²) in [4.78, 5) is 0. The fraction of sp³-hybridized carbons (Fsp3) is 0.857. The van der Waals surface area contributed by atoms with Gasteiger partial charge in [0.15, 0.2) is 0 Å². The summed E-state index contributed by atoms with van der Waals surface area (Å²) in [7, 11) is 0. The van der Waals surface area contributed by atoms with Crippen molar-refractivity contribution >= 4 is 0 Å². The fourth-order valence-electron chi connectivity index (χ4n) is 1.75. The van der Waals surface area contributed by atoms with Gasteiger partial charge in [-0.1, -0.05) is 0 Å². The van der Waals surface area contributed by atoms with Gasteiger partial charge in [0.1, 0.15) is 0 Å². The van der Waals surface area contributed by atoms with Gasteiger partial charge in [0, 0.05) is 6.54 Å². The third-order valence-electron chi connectivity index (χ3n) is 2.32. The molecule has 2 aliphatic heterocycles. The van der Waals surface area contributed by atoms with Gasteiger partial charge in [-0.15, -0.1) is 0 Å². The lowest BCUT2D eigenvalue weighted by molar-refractivity contribution is 0.426. The lowest BCUT2D eigenvalue weighted by Gasteiger charge is -2.24. The SMILES string of the molecule is C1CC2CCN[C]2CN1. The van der Waals surface area contributed by atoms with E-state index in [9.17, 15) is 0 Å². The summed E-state index contributed by atoms with van der Waals surface area (Å²) in [5, 5.41) is 6.77. The van der Waals surface area contributed by atoms with Crippen LogP contribution in [0.5, 0.6) is 0 Å². The molecule has 2 fully saturated rings. The molecule has 1 unspecified atom stereocenters. The Morgan fingerprint density at radius 1 is 1.22 bits per heavy atom. The van der Waals surface area contributed by atoms with Gasteiger partial charge in [-0.05, 0) is 31.8 Å². The molecular formula is C7H13N2. The largest absolute Gasteiger partial charge is 0.315 e. The van der Waals surface area contributed by atoms with Gasteiger partial charge in [-0.2, -0.15) is 0 Å². The lowest BCUT2D eigenvalue weighted by Crippen LogP contribution is -2.37. The van der Waals surface area contributed by atoms with Crippen molar-refractivity contribution in [2.75, 3.05) is 19.6 Å². The molecule has 2 aliphatic rings. The Bertz CT molecular complexity index is 91.1. The first-order chi connectivity index (χ1) is 4.47. The van der Waals surface area contributed by atoms with Gasteiger partial charge in [0.2, 0.25) is 0 Å². The van der Waals surface area contributed by atoms with Crippen LogP contribution in [-0.4, -0.2) is 19.6 Å². The summed E-state index contributed by atoms with van der Waals surface area (Å²) < 4.78 is 0. The Balaban J connectivity index is 1.97. The summed E-state index contributed by atoms with van der Waals surface area (Å²) in [6.45, 7) is 3.54. The van der Waals surface area contributed by atoms with Gasteiger partial charge >= 0.3 is 0 Å². The zero-order valence-corrected chi connectivity index (χ0v) is 5.61. The minimum Gasteiger partial charge on any atom is -0.315 e. The predicted octanol–water partition coefficient (Wildman–Crippen LogP) is 0.121. The van der Waals surface area contributed by atoms with Crippen LogP contribution in [0.2, 0.25) is 0 Å². The molecule has 0 aliphatic carbocycles. The minimum absolute atomic E-state index is 0.909. The molecule has 0 amide bonds. The minimum atomic E-state index is 0.909. The van der Waals surface area contributed by atoms with Crippen LogP contribution in [0.15, 0.2) is 0 Å². The fourth-order valence-corrected chi connectivity index (χ4v) is 1.75. The third kappa shape index (κ3) is 0.970. The maximum absolute atomic E-state index is 3.41. The maximum Gasteiger partial charge on any atom is 0.0535 e. The average Bonchev–Trinajstić information content (AvgIpc) is 2.33. The highest BCUT2D eigenvalue weighted by atomic mass is 15.0. The van der Waals surface area contributed by atoms with Crippen molar-refractivity contribution in [3.8, 4) is 0 Å². The lowest BCUT2D eigenvalue weighted by atomic mass is 9.94.